The predicted octanol–water partition coefficient (Wildman–Crippen LogP) is 5.55. The van der Waals surface area contributed by atoms with E-state index in [9.17, 15) is 13.2 Å². The number of halogens is 3. The molecule has 0 fully saturated rings. The first kappa shape index (κ1) is 17.3. The molecule has 0 unspecified atom stereocenters. The van der Waals surface area contributed by atoms with Crippen LogP contribution in [0.1, 0.15) is 71.1 Å². The number of hydrogen-bond acceptors (Lipinski definition) is 0. The Labute approximate surface area is 110 Å². The Kier molecular flexibility index (Phi) is 11.6. The Morgan fingerprint density at radius 2 is 1.12 bits per heavy atom. The van der Waals surface area contributed by atoms with Crippen molar-refractivity contribution < 1.29 is 13.2 Å². The maximum atomic E-state index is 11.9. The topological polar surface area (TPSA) is 0 Å². The third-order valence-electron chi connectivity index (χ3n) is 2.76. The molecule has 0 aliphatic carbocycles. The summed E-state index contributed by atoms with van der Waals surface area (Å²) in [5, 5.41) is -3.53. The van der Waals surface area contributed by atoms with E-state index in [1.54, 1.807) is 0 Å². The van der Waals surface area contributed by atoms with E-state index in [4.69, 9.17) is 0 Å². The van der Waals surface area contributed by atoms with Crippen molar-refractivity contribution in [1.82, 2.24) is 0 Å². The quantitative estimate of drug-likeness (QED) is 0.346. The first-order valence-electron chi connectivity index (χ1n) is 6.77. The first-order valence-corrected chi connectivity index (χ1v) is 8.83. The zero-order valence-corrected chi connectivity index (χ0v) is 12.5. The number of hydrogen-bond donors (Lipinski definition) is 0. The molecule has 0 heterocycles. The van der Waals surface area contributed by atoms with Crippen LogP contribution < -0.4 is 0 Å². The fourth-order valence-corrected chi connectivity index (χ4v) is 2.99. The summed E-state index contributed by atoms with van der Waals surface area (Å²) in [7, 11) is 0. The third-order valence-corrected chi connectivity index (χ3v) is 4.48. The van der Waals surface area contributed by atoms with Crippen LogP contribution in [0.2, 0.25) is 5.32 Å². The molecule has 17 heavy (non-hydrogen) atoms. The van der Waals surface area contributed by atoms with Gasteiger partial charge in [0.1, 0.15) is 0 Å². The van der Waals surface area contributed by atoms with Gasteiger partial charge in [0.25, 0.3) is 0 Å². The Hall–Kier alpha value is 0.309. The zero-order chi connectivity index (χ0) is 13.0. The van der Waals surface area contributed by atoms with Crippen molar-refractivity contribution in [3.05, 3.63) is 0 Å². The monoisotopic (exact) mass is 318 g/mol. The molecule has 0 aliphatic heterocycles. The SMILES string of the molecule is CCCCCCCCCCCC[Se]C(F)(F)F. The van der Waals surface area contributed by atoms with Crippen LogP contribution in [-0.4, -0.2) is 20.0 Å². The molecule has 104 valence electrons. The fraction of sp³-hybridized carbons (Fsp3) is 1.00. The van der Waals surface area contributed by atoms with Crippen LogP contribution in [0.25, 0.3) is 0 Å². The van der Waals surface area contributed by atoms with Gasteiger partial charge in [-0.1, -0.05) is 0 Å². The summed E-state index contributed by atoms with van der Waals surface area (Å²) < 4.78 is 35.6. The average Bonchev–Trinajstić information content (AvgIpc) is 2.24. The molecule has 0 radical (unpaired) electrons. The van der Waals surface area contributed by atoms with Gasteiger partial charge in [0.15, 0.2) is 0 Å². The minimum atomic E-state index is -3.90. The van der Waals surface area contributed by atoms with Crippen molar-refractivity contribution >= 4 is 15.0 Å². The van der Waals surface area contributed by atoms with Crippen molar-refractivity contribution in [3.63, 3.8) is 0 Å². The van der Waals surface area contributed by atoms with Crippen molar-refractivity contribution in [2.24, 2.45) is 0 Å². The molecule has 0 saturated heterocycles. The van der Waals surface area contributed by atoms with Gasteiger partial charge >= 0.3 is 110 Å². The molecular formula is C13H25F3Se. The molecular weight excluding hydrogens is 292 g/mol. The Bertz CT molecular complexity index is 157. The minimum absolute atomic E-state index is 0.368. The van der Waals surface area contributed by atoms with E-state index in [-0.39, 0.29) is 0 Å². The van der Waals surface area contributed by atoms with Gasteiger partial charge < -0.3 is 0 Å². The van der Waals surface area contributed by atoms with Gasteiger partial charge in [-0.25, -0.2) is 0 Å². The molecule has 0 aromatic heterocycles. The summed E-state index contributed by atoms with van der Waals surface area (Å²) in [5.41, 5.74) is 0. The van der Waals surface area contributed by atoms with E-state index >= 15 is 0 Å². The van der Waals surface area contributed by atoms with Crippen LogP contribution in [0.4, 0.5) is 13.2 Å². The van der Waals surface area contributed by atoms with Crippen molar-refractivity contribution in [1.29, 1.82) is 0 Å². The molecule has 0 nitrogen and oxygen atoms in total. The standard InChI is InChI=1S/C13H25F3Se/c1-2-3-4-5-6-7-8-9-10-11-12-17-13(14,15)16/h2-12H2,1H3. The fourth-order valence-electron chi connectivity index (χ4n) is 1.78. The number of rotatable bonds is 11. The number of alkyl halides is 3. The first-order chi connectivity index (χ1) is 8.06. The summed E-state index contributed by atoms with van der Waals surface area (Å²) in [6.07, 6.45) is 11.9. The maximum absolute atomic E-state index is 11.9. The van der Waals surface area contributed by atoms with Crippen molar-refractivity contribution in [2.45, 2.75) is 81.5 Å². The summed E-state index contributed by atoms with van der Waals surface area (Å²) in [5.74, 6) is 0. The molecule has 0 amide bonds. The molecule has 0 saturated carbocycles. The van der Waals surface area contributed by atoms with Gasteiger partial charge in [0, 0.05) is 0 Å². The molecule has 0 N–H and O–H groups in total. The van der Waals surface area contributed by atoms with Crippen LogP contribution in [0.15, 0.2) is 0 Å². The van der Waals surface area contributed by atoms with Gasteiger partial charge in [-0.05, 0) is 0 Å². The molecule has 0 aromatic carbocycles. The van der Waals surface area contributed by atoms with Crippen LogP contribution in [0.3, 0.4) is 0 Å². The van der Waals surface area contributed by atoms with E-state index < -0.39 is 20.0 Å². The summed E-state index contributed by atoms with van der Waals surface area (Å²) in [6, 6.07) is 0. The Morgan fingerprint density at radius 1 is 0.706 bits per heavy atom. The van der Waals surface area contributed by atoms with E-state index in [2.05, 4.69) is 6.92 Å². The molecule has 0 atom stereocenters. The molecule has 0 aromatic rings. The Balaban J connectivity index is 2.99. The molecule has 4 heteroatoms. The summed E-state index contributed by atoms with van der Waals surface area (Å²) in [6.45, 7) is 2.21. The van der Waals surface area contributed by atoms with Crippen LogP contribution in [-0.2, 0) is 0 Å². The Morgan fingerprint density at radius 3 is 1.53 bits per heavy atom. The molecule has 0 bridgehead atoms. The van der Waals surface area contributed by atoms with Crippen LogP contribution in [0, 0.1) is 0 Å². The molecule has 0 rings (SSSR count). The number of unbranched alkanes of at least 4 members (excludes halogenated alkanes) is 9. The van der Waals surface area contributed by atoms with E-state index in [1.165, 1.54) is 44.9 Å². The zero-order valence-electron chi connectivity index (χ0n) is 10.8. The third kappa shape index (κ3) is 16.3. The van der Waals surface area contributed by atoms with Crippen LogP contribution >= 0.6 is 0 Å². The van der Waals surface area contributed by atoms with Gasteiger partial charge in [-0.3, -0.25) is 0 Å². The molecule has 0 spiro atoms. The van der Waals surface area contributed by atoms with Crippen molar-refractivity contribution in [3.8, 4) is 0 Å². The van der Waals surface area contributed by atoms with Gasteiger partial charge in [-0.15, -0.1) is 0 Å². The van der Waals surface area contributed by atoms with Crippen LogP contribution in [0.5, 0.6) is 0 Å². The predicted molar refractivity (Wildman–Crippen MR) is 68.5 cm³/mol. The van der Waals surface area contributed by atoms with E-state index in [0.29, 0.717) is 5.32 Å². The second-order valence-corrected chi connectivity index (χ2v) is 6.91. The normalized spacial score (nSPS) is 12.0. The summed E-state index contributed by atoms with van der Waals surface area (Å²) in [4.78, 5) is 0. The average molecular weight is 317 g/mol. The molecule has 0 aliphatic rings. The summed E-state index contributed by atoms with van der Waals surface area (Å²) >= 11 is -1.15. The second kappa shape index (κ2) is 11.4. The van der Waals surface area contributed by atoms with E-state index in [1.807, 2.05) is 0 Å². The van der Waals surface area contributed by atoms with Crippen molar-refractivity contribution in [2.75, 3.05) is 0 Å². The van der Waals surface area contributed by atoms with Gasteiger partial charge in [0.2, 0.25) is 0 Å². The second-order valence-electron chi connectivity index (χ2n) is 4.48. The van der Waals surface area contributed by atoms with Gasteiger partial charge in [0.05, 0.1) is 0 Å². The van der Waals surface area contributed by atoms with E-state index in [0.717, 1.165) is 19.3 Å². The van der Waals surface area contributed by atoms with Gasteiger partial charge in [-0.2, -0.15) is 0 Å².